The predicted molar refractivity (Wildman–Crippen MR) is 112 cm³/mol. The molecule has 1 aromatic carbocycles. The minimum atomic E-state index is -1.95. The number of esters is 2. The SMILES string of the molecule is CCCCOC(=O)C1C(=O)C(C(N)=O)C(=O)C(C(=O)OCCCC)C1c1ccc(O)cc1. The highest BCUT2D eigenvalue weighted by Gasteiger charge is 2.58. The zero-order valence-corrected chi connectivity index (χ0v) is 18.2. The van der Waals surface area contributed by atoms with Gasteiger partial charge in [0.05, 0.1) is 13.2 Å². The van der Waals surface area contributed by atoms with E-state index in [4.69, 9.17) is 15.2 Å². The number of phenolic OH excluding ortho intramolecular Hbond substituents is 1. The largest absolute Gasteiger partial charge is 0.508 e. The van der Waals surface area contributed by atoms with Crippen molar-refractivity contribution in [3.8, 4) is 5.75 Å². The number of rotatable bonds is 10. The van der Waals surface area contributed by atoms with Gasteiger partial charge in [0.25, 0.3) is 0 Å². The summed E-state index contributed by atoms with van der Waals surface area (Å²) in [6, 6.07) is 5.43. The average molecular weight is 447 g/mol. The summed E-state index contributed by atoms with van der Waals surface area (Å²) in [4.78, 5) is 64.0. The monoisotopic (exact) mass is 447 g/mol. The number of ether oxygens (including phenoxy) is 2. The molecule has 32 heavy (non-hydrogen) atoms. The molecule has 2 atom stereocenters. The Bertz CT molecular complexity index is 821. The molecular formula is C23H29NO8. The molecule has 1 aliphatic rings. The fourth-order valence-electron chi connectivity index (χ4n) is 3.75. The number of primary amides is 1. The van der Waals surface area contributed by atoms with Crippen molar-refractivity contribution in [2.75, 3.05) is 13.2 Å². The molecule has 3 N–H and O–H groups in total. The van der Waals surface area contributed by atoms with Crippen LogP contribution in [0.1, 0.15) is 51.0 Å². The number of hydrogen-bond acceptors (Lipinski definition) is 8. The van der Waals surface area contributed by atoms with Gasteiger partial charge < -0.3 is 20.3 Å². The van der Waals surface area contributed by atoms with Gasteiger partial charge >= 0.3 is 11.9 Å². The Hall–Kier alpha value is -3.23. The normalized spacial score (nSPS) is 22.9. The van der Waals surface area contributed by atoms with Crippen LogP contribution in [0, 0.1) is 17.8 Å². The molecule has 0 aliphatic heterocycles. The second-order valence-electron chi connectivity index (χ2n) is 7.75. The third-order valence-corrected chi connectivity index (χ3v) is 5.46. The predicted octanol–water partition coefficient (Wildman–Crippen LogP) is 1.65. The van der Waals surface area contributed by atoms with E-state index >= 15 is 0 Å². The van der Waals surface area contributed by atoms with Gasteiger partial charge in [0, 0.05) is 5.92 Å². The quantitative estimate of drug-likeness (QED) is 0.312. The first-order valence-corrected chi connectivity index (χ1v) is 10.7. The van der Waals surface area contributed by atoms with E-state index in [0.717, 1.165) is 12.8 Å². The number of amides is 1. The fourth-order valence-corrected chi connectivity index (χ4v) is 3.75. The summed E-state index contributed by atoms with van der Waals surface area (Å²) in [5.74, 6) is -11.6. The van der Waals surface area contributed by atoms with Crippen LogP contribution in [-0.4, -0.2) is 47.7 Å². The second kappa shape index (κ2) is 11.4. The number of benzene rings is 1. The van der Waals surface area contributed by atoms with Crippen molar-refractivity contribution in [3.63, 3.8) is 0 Å². The molecular weight excluding hydrogens is 418 g/mol. The molecule has 0 spiro atoms. The molecule has 0 radical (unpaired) electrons. The molecule has 0 bridgehead atoms. The van der Waals surface area contributed by atoms with Gasteiger partial charge in [0.1, 0.15) is 17.6 Å². The van der Waals surface area contributed by atoms with Crippen LogP contribution in [0.5, 0.6) is 5.75 Å². The van der Waals surface area contributed by atoms with Crippen molar-refractivity contribution in [2.45, 2.75) is 45.4 Å². The van der Waals surface area contributed by atoms with Gasteiger partial charge in [0.2, 0.25) is 5.91 Å². The van der Waals surface area contributed by atoms with E-state index in [1.807, 2.05) is 13.8 Å². The number of carbonyl (C=O) groups is 5. The molecule has 0 heterocycles. The van der Waals surface area contributed by atoms with Crippen molar-refractivity contribution in [2.24, 2.45) is 23.5 Å². The molecule has 9 nitrogen and oxygen atoms in total. The molecule has 0 saturated heterocycles. The van der Waals surface area contributed by atoms with Crippen LogP contribution in [0.2, 0.25) is 0 Å². The molecule has 174 valence electrons. The lowest BCUT2D eigenvalue weighted by Gasteiger charge is -2.36. The number of carbonyl (C=O) groups excluding carboxylic acids is 5. The van der Waals surface area contributed by atoms with E-state index in [1.54, 1.807) is 0 Å². The number of hydrogen-bond donors (Lipinski definition) is 2. The molecule has 2 unspecified atom stereocenters. The van der Waals surface area contributed by atoms with Crippen LogP contribution in [-0.2, 0) is 33.4 Å². The highest BCUT2D eigenvalue weighted by molar-refractivity contribution is 6.28. The lowest BCUT2D eigenvalue weighted by Crippen LogP contribution is -2.55. The summed E-state index contributed by atoms with van der Waals surface area (Å²) in [5, 5.41) is 9.63. The molecule has 9 heteroatoms. The van der Waals surface area contributed by atoms with Crippen molar-refractivity contribution >= 4 is 29.4 Å². The first kappa shape index (κ1) is 25.0. The molecule has 1 aliphatic carbocycles. The fraction of sp³-hybridized carbons (Fsp3) is 0.522. The van der Waals surface area contributed by atoms with E-state index in [2.05, 4.69) is 0 Å². The molecule has 1 saturated carbocycles. The van der Waals surface area contributed by atoms with E-state index in [9.17, 15) is 29.1 Å². The Labute approximate surface area is 186 Å². The lowest BCUT2D eigenvalue weighted by molar-refractivity contribution is -0.165. The van der Waals surface area contributed by atoms with Gasteiger partial charge in [-0.1, -0.05) is 38.8 Å². The van der Waals surface area contributed by atoms with Gasteiger partial charge in [-0.3, -0.25) is 24.0 Å². The molecule has 1 aromatic rings. The zero-order valence-electron chi connectivity index (χ0n) is 18.2. The number of ketones is 2. The number of Topliss-reactive ketones (excluding diaryl/α,β-unsaturated/α-hetero) is 2. The molecule has 0 aromatic heterocycles. The second-order valence-corrected chi connectivity index (χ2v) is 7.75. The smallest absolute Gasteiger partial charge is 0.317 e. The minimum Gasteiger partial charge on any atom is -0.508 e. The van der Waals surface area contributed by atoms with Gasteiger partial charge in [-0.25, -0.2) is 0 Å². The zero-order chi connectivity index (χ0) is 23.8. The molecule has 2 rings (SSSR count). The van der Waals surface area contributed by atoms with E-state index < -0.39 is 53.1 Å². The Morgan fingerprint density at radius 2 is 1.31 bits per heavy atom. The standard InChI is InChI=1S/C23H29NO8/c1-3-5-11-31-22(29)16-15(13-7-9-14(25)10-8-13)17(23(30)32-12-6-4-2)20(27)18(19(16)26)21(24)28/h7-10,15-18,25H,3-6,11-12H2,1-2H3,(H2,24,28). The highest BCUT2D eigenvalue weighted by Crippen LogP contribution is 2.42. The molecule has 1 amide bonds. The summed E-state index contributed by atoms with van der Waals surface area (Å²) in [7, 11) is 0. The maximum atomic E-state index is 13.1. The number of nitrogens with two attached hydrogens (primary N) is 1. The third kappa shape index (κ3) is 5.52. The van der Waals surface area contributed by atoms with Gasteiger partial charge in [-0.2, -0.15) is 0 Å². The van der Waals surface area contributed by atoms with Gasteiger partial charge in [-0.15, -0.1) is 0 Å². The highest BCUT2D eigenvalue weighted by atomic mass is 16.5. The van der Waals surface area contributed by atoms with Crippen LogP contribution >= 0.6 is 0 Å². The van der Waals surface area contributed by atoms with Gasteiger partial charge in [0.15, 0.2) is 17.5 Å². The Balaban J connectivity index is 2.56. The van der Waals surface area contributed by atoms with Crippen molar-refractivity contribution in [1.82, 2.24) is 0 Å². The Morgan fingerprint density at radius 1 is 0.875 bits per heavy atom. The van der Waals surface area contributed by atoms with Crippen LogP contribution in [0.3, 0.4) is 0 Å². The third-order valence-electron chi connectivity index (χ3n) is 5.46. The van der Waals surface area contributed by atoms with Crippen molar-refractivity contribution in [1.29, 1.82) is 0 Å². The van der Waals surface area contributed by atoms with E-state index in [0.29, 0.717) is 12.8 Å². The van der Waals surface area contributed by atoms with Crippen molar-refractivity contribution < 1.29 is 38.6 Å². The van der Waals surface area contributed by atoms with Gasteiger partial charge in [-0.05, 0) is 30.5 Å². The first-order chi connectivity index (χ1) is 15.2. The summed E-state index contributed by atoms with van der Waals surface area (Å²) in [6.45, 7) is 3.87. The minimum absolute atomic E-state index is 0.0439. The molecule has 1 fully saturated rings. The topological polar surface area (TPSA) is 150 Å². The van der Waals surface area contributed by atoms with Crippen molar-refractivity contribution in [3.05, 3.63) is 29.8 Å². The summed E-state index contributed by atoms with van der Waals surface area (Å²) in [6.07, 6.45) is 2.58. The van der Waals surface area contributed by atoms with Crippen LogP contribution in [0.4, 0.5) is 0 Å². The first-order valence-electron chi connectivity index (χ1n) is 10.7. The summed E-state index contributed by atoms with van der Waals surface area (Å²) in [5.41, 5.74) is 5.58. The summed E-state index contributed by atoms with van der Waals surface area (Å²) >= 11 is 0. The lowest BCUT2D eigenvalue weighted by atomic mass is 9.63. The summed E-state index contributed by atoms with van der Waals surface area (Å²) < 4.78 is 10.5. The number of aromatic hydroxyl groups is 1. The maximum Gasteiger partial charge on any atom is 0.317 e. The van der Waals surface area contributed by atoms with Crippen LogP contribution in [0.25, 0.3) is 0 Å². The van der Waals surface area contributed by atoms with E-state index in [-0.39, 0.29) is 24.5 Å². The number of unbranched alkanes of at least 4 members (excludes halogenated alkanes) is 2. The van der Waals surface area contributed by atoms with E-state index in [1.165, 1.54) is 24.3 Å². The Morgan fingerprint density at radius 3 is 1.69 bits per heavy atom. The number of phenols is 1. The van der Waals surface area contributed by atoms with Crippen LogP contribution in [0.15, 0.2) is 24.3 Å². The maximum absolute atomic E-state index is 13.1. The van der Waals surface area contributed by atoms with Crippen LogP contribution < -0.4 is 5.73 Å². The average Bonchev–Trinajstić information content (AvgIpc) is 2.73. The Kier molecular flexibility index (Phi) is 8.92.